The minimum absolute atomic E-state index is 0.117. The predicted molar refractivity (Wildman–Crippen MR) is 148 cm³/mol. The number of aliphatic hydroxyl groups is 1. The second-order valence-electron chi connectivity index (χ2n) is 10.5. The van der Waals surface area contributed by atoms with Gasteiger partial charge in [-0.2, -0.15) is 0 Å². The first kappa shape index (κ1) is 28.7. The van der Waals surface area contributed by atoms with Gasteiger partial charge < -0.3 is 24.6 Å². The van der Waals surface area contributed by atoms with Crippen LogP contribution in [0.4, 0.5) is 4.79 Å². The summed E-state index contributed by atoms with van der Waals surface area (Å²) in [5.41, 5.74) is 2.99. The van der Waals surface area contributed by atoms with E-state index < -0.39 is 23.8 Å². The van der Waals surface area contributed by atoms with Crippen LogP contribution in [0.1, 0.15) is 62.2 Å². The molecule has 0 aliphatic rings. The lowest BCUT2D eigenvalue weighted by molar-refractivity contribution is 0.0147. The summed E-state index contributed by atoms with van der Waals surface area (Å²) in [5.74, 6) is -0.700. The number of carbonyl (C=O) groups excluding carboxylic acids is 1. The second kappa shape index (κ2) is 12.6. The van der Waals surface area contributed by atoms with Gasteiger partial charge in [-0.25, -0.2) is 9.59 Å². The molecule has 7 nitrogen and oxygen atoms in total. The number of nitrogens with zero attached hydrogens (tertiary/aromatic N) is 1. The summed E-state index contributed by atoms with van der Waals surface area (Å²) in [5, 5.41) is 20.2. The third-order valence-corrected chi connectivity index (χ3v) is 5.76. The maximum Gasteiger partial charge on any atom is 0.410 e. The van der Waals surface area contributed by atoms with E-state index in [1.807, 2.05) is 89.2 Å². The van der Waals surface area contributed by atoms with Gasteiger partial charge in [-0.3, -0.25) is 0 Å². The first-order valence-corrected chi connectivity index (χ1v) is 12.8. The average Bonchev–Trinajstić information content (AvgIpc) is 2.85. The Balaban J connectivity index is 1.74. The molecule has 0 bridgehead atoms. The predicted octanol–water partition coefficient (Wildman–Crippen LogP) is 6.35. The number of carboxylic acid groups (broad SMARTS) is 1. The van der Waals surface area contributed by atoms with E-state index in [4.69, 9.17) is 9.47 Å². The molecule has 3 rings (SSSR count). The molecule has 0 radical (unpaired) electrons. The minimum Gasteiger partial charge on any atom is -0.490 e. The summed E-state index contributed by atoms with van der Waals surface area (Å²) in [6, 6.07) is 22.2. The number of amides is 1. The lowest BCUT2D eigenvalue weighted by atomic mass is 10.0. The van der Waals surface area contributed by atoms with E-state index in [9.17, 15) is 19.8 Å². The van der Waals surface area contributed by atoms with Crippen LogP contribution in [0.15, 0.2) is 72.8 Å². The zero-order valence-corrected chi connectivity index (χ0v) is 22.7. The smallest absolute Gasteiger partial charge is 0.410 e. The molecule has 1 amide bonds. The van der Waals surface area contributed by atoms with Gasteiger partial charge in [-0.15, -0.1) is 0 Å². The van der Waals surface area contributed by atoms with Crippen LogP contribution >= 0.6 is 0 Å². The number of aliphatic hydroxyl groups excluding tert-OH is 1. The molecule has 3 aromatic rings. The Bertz CT molecular complexity index is 1220. The number of benzene rings is 3. The molecule has 1 atom stereocenters. The Labute approximate surface area is 224 Å². The monoisotopic (exact) mass is 519 g/mol. The lowest BCUT2D eigenvalue weighted by Gasteiger charge is -2.29. The third kappa shape index (κ3) is 8.35. The van der Waals surface area contributed by atoms with E-state index in [1.165, 1.54) is 4.90 Å². The Morgan fingerprint density at radius 3 is 2.13 bits per heavy atom. The van der Waals surface area contributed by atoms with Crippen LogP contribution in [-0.4, -0.2) is 52.0 Å². The molecule has 0 fully saturated rings. The molecule has 7 heteroatoms. The molecule has 0 spiro atoms. The van der Waals surface area contributed by atoms with E-state index in [0.717, 1.165) is 22.3 Å². The van der Waals surface area contributed by atoms with E-state index in [1.54, 1.807) is 18.2 Å². The fourth-order valence-electron chi connectivity index (χ4n) is 3.93. The zero-order chi connectivity index (χ0) is 27.9. The Hall–Kier alpha value is -3.84. The van der Waals surface area contributed by atoms with Gasteiger partial charge >= 0.3 is 12.1 Å². The van der Waals surface area contributed by atoms with Gasteiger partial charge in [0.2, 0.25) is 0 Å². The summed E-state index contributed by atoms with van der Waals surface area (Å²) >= 11 is 0. The van der Waals surface area contributed by atoms with Crippen LogP contribution in [0.3, 0.4) is 0 Å². The molecule has 3 aromatic carbocycles. The number of hydrogen-bond donors (Lipinski definition) is 2. The highest BCUT2D eigenvalue weighted by atomic mass is 16.6. The van der Waals surface area contributed by atoms with Crippen molar-refractivity contribution in [3.05, 3.63) is 89.5 Å². The molecule has 38 heavy (non-hydrogen) atoms. The Morgan fingerprint density at radius 2 is 1.55 bits per heavy atom. The van der Waals surface area contributed by atoms with E-state index >= 15 is 0 Å². The summed E-state index contributed by atoms with van der Waals surface area (Å²) in [6.07, 6.45) is -0.887. The quantitative estimate of drug-likeness (QED) is 0.324. The van der Waals surface area contributed by atoms with E-state index in [-0.39, 0.29) is 18.2 Å². The summed E-state index contributed by atoms with van der Waals surface area (Å²) in [6.45, 7) is 9.64. The minimum atomic E-state index is -1.03. The zero-order valence-electron chi connectivity index (χ0n) is 22.7. The SMILES string of the molecule is CC(C)Oc1cc(-c2ccc(CCN(C[C@@H](O)c3ccccc3)C(=O)OC(C)(C)C)cc2)ccc1C(=O)O. The summed E-state index contributed by atoms with van der Waals surface area (Å²) < 4.78 is 11.3. The lowest BCUT2D eigenvalue weighted by Crippen LogP contribution is -2.40. The maximum absolute atomic E-state index is 12.9. The number of carboxylic acids is 1. The van der Waals surface area contributed by atoms with Gasteiger partial charge in [0.05, 0.1) is 18.8 Å². The van der Waals surface area contributed by atoms with Crippen LogP contribution in [0.25, 0.3) is 11.1 Å². The number of aromatic carboxylic acids is 1. The molecule has 0 saturated heterocycles. The largest absolute Gasteiger partial charge is 0.490 e. The fraction of sp³-hybridized carbons (Fsp3) is 0.355. The Kier molecular flexibility index (Phi) is 9.53. The van der Waals surface area contributed by atoms with Gasteiger partial charge in [-0.05, 0) is 75.4 Å². The van der Waals surface area contributed by atoms with Crippen molar-refractivity contribution in [3.63, 3.8) is 0 Å². The van der Waals surface area contributed by atoms with Gasteiger partial charge in [0.1, 0.15) is 16.9 Å². The summed E-state index contributed by atoms with van der Waals surface area (Å²) in [7, 11) is 0. The molecule has 0 heterocycles. The number of hydrogen-bond acceptors (Lipinski definition) is 5. The molecule has 0 aromatic heterocycles. The van der Waals surface area contributed by atoms with Gasteiger partial charge in [0, 0.05) is 6.54 Å². The summed E-state index contributed by atoms with van der Waals surface area (Å²) in [4.78, 5) is 26.0. The average molecular weight is 520 g/mol. The molecule has 0 saturated carbocycles. The van der Waals surface area contributed by atoms with Crippen LogP contribution in [0.2, 0.25) is 0 Å². The highest BCUT2D eigenvalue weighted by molar-refractivity contribution is 5.92. The first-order chi connectivity index (χ1) is 17.9. The van der Waals surface area contributed by atoms with Crippen molar-refractivity contribution in [1.82, 2.24) is 4.90 Å². The van der Waals surface area contributed by atoms with Crippen molar-refractivity contribution in [2.75, 3.05) is 13.1 Å². The highest BCUT2D eigenvalue weighted by Gasteiger charge is 2.24. The topological polar surface area (TPSA) is 96.3 Å². The number of carbonyl (C=O) groups is 2. The molecular formula is C31H37NO6. The van der Waals surface area contributed by atoms with Crippen molar-refractivity contribution in [2.45, 2.75) is 58.8 Å². The normalized spacial score (nSPS) is 12.2. The molecule has 0 unspecified atom stereocenters. The van der Waals surface area contributed by atoms with Gasteiger partial charge in [-0.1, -0.05) is 60.7 Å². The molecule has 0 aliphatic heterocycles. The number of rotatable bonds is 10. The van der Waals surface area contributed by atoms with Crippen molar-refractivity contribution in [1.29, 1.82) is 0 Å². The maximum atomic E-state index is 12.9. The van der Waals surface area contributed by atoms with Crippen molar-refractivity contribution in [3.8, 4) is 16.9 Å². The van der Waals surface area contributed by atoms with E-state index in [0.29, 0.717) is 18.7 Å². The first-order valence-electron chi connectivity index (χ1n) is 12.8. The molecular weight excluding hydrogens is 482 g/mol. The van der Waals surface area contributed by atoms with Gasteiger partial charge in [0.25, 0.3) is 0 Å². The molecule has 202 valence electrons. The van der Waals surface area contributed by atoms with Crippen LogP contribution in [0, 0.1) is 0 Å². The third-order valence-electron chi connectivity index (χ3n) is 5.76. The van der Waals surface area contributed by atoms with E-state index in [2.05, 4.69) is 0 Å². The molecule has 0 aliphatic carbocycles. The van der Waals surface area contributed by atoms with Crippen molar-refractivity contribution >= 4 is 12.1 Å². The Morgan fingerprint density at radius 1 is 0.921 bits per heavy atom. The number of ether oxygens (including phenoxy) is 2. The highest BCUT2D eigenvalue weighted by Crippen LogP contribution is 2.29. The molecule has 2 N–H and O–H groups in total. The fourth-order valence-corrected chi connectivity index (χ4v) is 3.93. The van der Waals surface area contributed by atoms with Crippen molar-refractivity contribution < 1.29 is 29.3 Å². The second-order valence-corrected chi connectivity index (χ2v) is 10.5. The van der Waals surface area contributed by atoms with Crippen LogP contribution in [-0.2, 0) is 11.2 Å². The van der Waals surface area contributed by atoms with Crippen LogP contribution < -0.4 is 4.74 Å². The standard InChI is InChI=1S/C31H37NO6/c1-21(2)37-28-19-25(15-16-26(28)29(34)35)23-13-11-22(12-14-23)17-18-32(30(36)38-31(3,4)5)20-27(33)24-9-7-6-8-10-24/h6-16,19,21,27,33H,17-18,20H2,1-5H3,(H,34,35)/t27-/m1/s1. The van der Waals surface area contributed by atoms with Crippen molar-refractivity contribution in [2.24, 2.45) is 0 Å². The van der Waals surface area contributed by atoms with Gasteiger partial charge in [0.15, 0.2) is 0 Å². The van der Waals surface area contributed by atoms with Crippen LogP contribution in [0.5, 0.6) is 5.75 Å².